The molecule has 1 aromatic heterocycles. The lowest BCUT2D eigenvalue weighted by Crippen LogP contribution is -2.35. The predicted molar refractivity (Wildman–Crippen MR) is 127 cm³/mol. The van der Waals surface area contributed by atoms with Crippen LogP contribution in [0.3, 0.4) is 0 Å². The summed E-state index contributed by atoms with van der Waals surface area (Å²) < 4.78 is 29.1. The lowest BCUT2D eigenvalue weighted by molar-refractivity contribution is 0.0955. The van der Waals surface area contributed by atoms with Crippen molar-refractivity contribution in [3.63, 3.8) is 0 Å². The first-order valence-electron chi connectivity index (χ1n) is 10.9. The molecule has 1 aliphatic heterocycles. The number of nitrogens with one attached hydrogen (secondary N) is 1. The van der Waals surface area contributed by atoms with E-state index in [0.29, 0.717) is 13.1 Å². The van der Waals surface area contributed by atoms with Crippen LogP contribution in [0.15, 0.2) is 64.6 Å². The molecule has 0 bridgehead atoms. The molecule has 0 spiro atoms. The van der Waals surface area contributed by atoms with Gasteiger partial charge in [-0.1, -0.05) is 30.7 Å². The molecule has 4 rings (SSSR count). The molecule has 33 heavy (non-hydrogen) atoms. The zero-order chi connectivity index (χ0) is 23.4. The number of para-hydroxylation sites is 1. The highest BCUT2D eigenvalue weighted by molar-refractivity contribution is 7.89. The molecular formula is C24H27N5O3S. The van der Waals surface area contributed by atoms with Crippen LogP contribution in [0, 0.1) is 13.8 Å². The summed E-state index contributed by atoms with van der Waals surface area (Å²) in [6.45, 7) is 4.84. The number of sulfonamides is 1. The van der Waals surface area contributed by atoms with E-state index in [1.54, 1.807) is 18.3 Å². The van der Waals surface area contributed by atoms with E-state index in [1.807, 2.05) is 48.9 Å². The molecule has 3 aromatic rings. The lowest BCUT2D eigenvalue weighted by Gasteiger charge is -2.25. The van der Waals surface area contributed by atoms with Gasteiger partial charge in [-0.3, -0.25) is 4.79 Å². The minimum atomic E-state index is -3.61. The third-order valence-electron chi connectivity index (χ3n) is 5.76. The Morgan fingerprint density at radius 1 is 1.03 bits per heavy atom. The average Bonchev–Trinajstić information content (AvgIpc) is 3.13. The van der Waals surface area contributed by atoms with Crippen LogP contribution in [0.4, 0.5) is 0 Å². The number of carbonyl (C=O) groups is 1. The zero-order valence-corrected chi connectivity index (χ0v) is 19.5. The van der Waals surface area contributed by atoms with Gasteiger partial charge >= 0.3 is 0 Å². The smallest absolute Gasteiger partial charge is 0.267 e. The maximum atomic E-state index is 12.9. The van der Waals surface area contributed by atoms with Crippen molar-refractivity contribution in [2.75, 3.05) is 13.1 Å². The van der Waals surface area contributed by atoms with Gasteiger partial charge in [-0.25, -0.2) is 18.5 Å². The fourth-order valence-electron chi connectivity index (χ4n) is 3.93. The Morgan fingerprint density at radius 2 is 1.76 bits per heavy atom. The highest BCUT2D eigenvalue weighted by atomic mass is 32.2. The molecule has 8 nitrogen and oxygen atoms in total. The predicted octanol–water partition coefficient (Wildman–Crippen LogP) is 3.43. The van der Waals surface area contributed by atoms with Crippen LogP contribution >= 0.6 is 0 Å². The number of aromatic nitrogens is 2. The number of piperidine rings is 1. The number of hydrogen-bond acceptors (Lipinski definition) is 5. The molecule has 0 unspecified atom stereocenters. The number of rotatable bonds is 6. The second-order valence-corrected chi connectivity index (χ2v) is 9.96. The third-order valence-corrected chi connectivity index (χ3v) is 7.65. The van der Waals surface area contributed by atoms with Crippen molar-refractivity contribution < 1.29 is 13.2 Å². The summed E-state index contributed by atoms with van der Waals surface area (Å²) in [6.07, 6.45) is 4.31. The minimum Gasteiger partial charge on any atom is -0.267 e. The molecule has 9 heteroatoms. The minimum absolute atomic E-state index is 0.122. The lowest BCUT2D eigenvalue weighted by atomic mass is 10.2. The first kappa shape index (κ1) is 22.9. The molecule has 0 radical (unpaired) electrons. The fourth-order valence-corrected chi connectivity index (χ4v) is 5.50. The second kappa shape index (κ2) is 9.68. The highest BCUT2D eigenvalue weighted by Gasteiger charge is 2.26. The van der Waals surface area contributed by atoms with Crippen molar-refractivity contribution in [1.82, 2.24) is 19.5 Å². The van der Waals surface area contributed by atoms with Gasteiger partial charge in [0.05, 0.1) is 28.2 Å². The first-order chi connectivity index (χ1) is 15.9. The Balaban J connectivity index is 1.49. The highest BCUT2D eigenvalue weighted by Crippen LogP contribution is 2.21. The van der Waals surface area contributed by atoms with Gasteiger partial charge in [0.1, 0.15) is 0 Å². The van der Waals surface area contributed by atoms with Crippen molar-refractivity contribution in [1.29, 1.82) is 0 Å². The van der Waals surface area contributed by atoms with Crippen molar-refractivity contribution in [3.05, 3.63) is 77.1 Å². The Hall–Kier alpha value is -3.30. The largest absolute Gasteiger partial charge is 0.271 e. The van der Waals surface area contributed by atoms with E-state index in [2.05, 4.69) is 15.6 Å². The molecule has 1 aliphatic rings. The summed E-state index contributed by atoms with van der Waals surface area (Å²) >= 11 is 0. The monoisotopic (exact) mass is 465 g/mol. The van der Waals surface area contributed by atoms with E-state index in [4.69, 9.17) is 0 Å². The van der Waals surface area contributed by atoms with Crippen LogP contribution in [0.2, 0.25) is 0 Å². The molecule has 1 amide bonds. The quantitative estimate of drug-likeness (QED) is 0.446. The van der Waals surface area contributed by atoms with Gasteiger partial charge in [0.15, 0.2) is 0 Å². The van der Waals surface area contributed by atoms with Crippen molar-refractivity contribution in [3.8, 4) is 5.69 Å². The fraction of sp³-hybridized carbons (Fsp3) is 0.292. The Bertz CT molecular complexity index is 1280. The van der Waals surface area contributed by atoms with Crippen molar-refractivity contribution in [2.45, 2.75) is 38.0 Å². The second-order valence-electron chi connectivity index (χ2n) is 8.02. The molecule has 2 aromatic carbocycles. The number of amides is 1. The zero-order valence-electron chi connectivity index (χ0n) is 18.7. The van der Waals surface area contributed by atoms with Gasteiger partial charge in [-0.2, -0.15) is 14.5 Å². The number of nitrogens with zero attached hydrogens (tertiary/aromatic N) is 4. The Morgan fingerprint density at radius 3 is 2.48 bits per heavy atom. The van der Waals surface area contributed by atoms with Crippen LogP contribution < -0.4 is 5.43 Å². The van der Waals surface area contributed by atoms with Gasteiger partial charge in [0.25, 0.3) is 5.91 Å². The summed E-state index contributed by atoms with van der Waals surface area (Å²) in [4.78, 5) is 12.8. The molecular weight excluding hydrogens is 438 g/mol. The Labute approximate surface area is 194 Å². The summed E-state index contributed by atoms with van der Waals surface area (Å²) in [5, 5.41) is 8.65. The molecule has 0 atom stereocenters. The SMILES string of the molecule is Cc1nn(-c2ccccc2)c(C)c1C=NNC(=O)c1cccc(S(=O)(=O)N2CCCCC2)c1. The van der Waals surface area contributed by atoms with E-state index < -0.39 is 15.9 Å². The molecule has 172 valence electrons. The van der Waals surface area contributed by atoms with E-state index >= 15 is 0 Å². The topological polar surface area (TPSA) is 96.7 Å². The molecule has 1 N–H and O–H groups in total. The number of carbonyl (C=O) groups excluding carboxylic acids is 1. The molecule has 2 heterocycles. The number of hydrogen-bond donors (Lipinski definition) is 1. The van der Waals surface area contributed by atoms with E-state index in [1.165, 1.54) is 16.4 Å². The molecule has 0 saturated carbocycles. The maximum Gasteiger partial charge on any atom is 0.271 e. The normalized spacial score (nSPS) is 15.1. The van der Waals surface area contributed by atoms with Gasteiger partial charge in [0.2, 0.25) is 10.0 Å². The van der Waals surface area contributed by atoms with Gasteiger partial charge in [-0.05, 0) is 57.0 Å². The van der Waals surface area contributed by atoms with Crippen LogP contribution in [-0.4, -0.2) is 47.7 Å². The van der Waals surface area contributed by atoms with E-state index in [0.717, 1.165) is 41.9 Å². The van der Waals surface area contributed by atoms with Crippen molar-refractivity contribution >= 4 is 22.1 Å². The van der Waals surface area contributed by atoms with Gasteiger partial charge in [-0.15, -0.1) is 0 Å². The summed E-state index contributed by atoms with van der Waals surface area (Å²) in [6, 6.07) is 15.8. The first-order valence-corrected chi connectivity index (χ1v) is 12.4. The molecule has 1 saturated heterocycles. The summed E-state index contributed by atoms with van der Waals surface area (Å²) in [7, 11) is -3.61. The van der Waals surface area contributed by atoms with E-state index in [9.17, 15) is 13.2 Å². The summed E-state index contributed by atoms with van der Waals surface area (Å²) in [5.41, 5.74) is 6.15. The third kappa shape index (κ3) is 4.89. The summed E-state index contributed by atoms with van der Waals surface area (Å²) in [5.74, 6) is -0.479. The molecule has 1 fully saturated rings. The number of aryl methyl sites for hydroxylation is 1. The van der Waals surface area contributed by atoms with Crippen LogP contribution in [0.5, 0.6) is 0 Å². The number of hydrazone groups is 1. The van der Waals surface area contributed by atoms with E-state index in [-0.39, 0.29) is 10.5 Å². The van der Waals surface area contributed by atoms with Gasteiger partial charge < -0.3 is 0 Å². The average molecular weight is 466 g/mol. The van der Waals surface area contributed by atoms with Crippen LogP contribution in [0.1, 0.15) is 46.6 Å². The van der Waals surface area contributed by atoms with Crippen LogP contribution in [-0.2, 0) is 10.0 Å². The number of benzene rings is 2. The standard InChI is InChI=1S/C24H27N5O3S/c1-18-23(19(2)29(27-18)21-11-5-3-6-12-21)17-25-26-24(30)20-10-9-13-22(16-20)33(31,32)28-14-7-4-8-15-28/h3,5-6,9-13,16-17H,4,7-8,14-15H2,1-2H3,(H,26,30). The van der Waals surface area contributed by atoms with Crippen molar-refractivity contribution in [2.24, 2.45) is 5.10 Å². The van der Waals surface area contributed by atoms with Crippen LogP contribution in [0.25, 0.3) is 5.69 Å². The molecule has 0 aliphatic carbocycles. The van der Waals surface area contributed by atoms with Gasteiger partial charge in [0, 0.05) is 24.2 Å². The maximum absolute atomic E-state index is 12.9. The Kier molecular flexibility index (Phi) is 6.71.